The van der Waals surface area contributed by atoms with Gasteiger partial charge in [0.1, 0.15) is 24.1 Å². The van der Waals surface area contributed by atoms with Gasteiger partial charge < -0.3 is 23.7 Å². The van der Waals surface area contributed by atoms with Gasteiger partial charge in [0.05, 0.1) is 18.8 Å². The van der Waals surface area contributed by atoms with Gasteiger partial charge in [-0.05, 0) is 29.2 Å². The molecule has 0 saturated carbocycles. The molecule has 3 aliphatic rings. The van der Waals surface area contributed by atoms with E-state index in [0.29, 0.717) is 10.6 Å². The molecule has 3 aliphatic heterocycles. The van der Waals surface area contributed by atoms with Crippen LogP contribution in [0, 0.1) is 0 Å². The van der Waals surface area contributed by atoms with Crippen molar-refractivity contribution >= 4 is 23.6 Å². The summed E-state index contributed by atoms with van der Waals surface area (Å²) in [6.45, 7) is 5.92. The van der Waals surface area contributed by atoms with E-state index in [0.717, 1.165) is 6.08 Å². The smallest absolute Gasteiger partial charge is 0.430 e. The quantitative estimate of drug-likeness (QED) is 0.613. The van der Waals surface area contributed by atoms with Crippen LogP contribution in [0.15, 0.2) is 17.7 Å². The van der Waals surface area contributed by atoms with Crippen molar-refractivity contribution < 1.29 is 41.7 Å². The second-order valence-electron chi connectivity index (χ2n) is 9.07. The predicted octanol–water partition coefficient (Wildman–Crippen LogP) is 4.07. The Labute approximate surface area is 188 Å². The molecule has 0 spiro atoms. The Hall–Kier alpha value is -1.81. The van der Waals surface area contributed by atoms with Gasteiger partial charge in [0.15, 0.2) is 6.10 Å². The highest BCUT2D eigenvalue weighted by molar-refractivity contribution is 6.31. The van der Waals surface area contributed by atoms with Crippen LogP contribution in [0.25, 0.3) is 6.08 Å². The number of fused-ring (bicyclic) bond motifs is 2. The summed E-state index contributed by atoms with van der Waals surface area (Å²) in [5.41, 5.74) is -0.160. The maximum atomic E-state index is 13.8. The number of esters is 1. The van der Waals surface area contributed by atoms with E-state index >= 15 is 0 Å². The van der Waals surface area contributed by atoms with Gasteiger partial charge in [-0.25, -0.2) is 4.79 Å². The molecule has 176 valence electrons. The molecule has 1 aromatic rings. The van der Waals surface area contributed by atoms with Gasteiger partial charge in [0, 0.05) is 17.7 Å². The zero-order valence-corrected chi connectivity index (χ0v) is 18.8. The Bertz CT molecular complexity index is 939. The molecule has 0 amide bonds. The molecular weight excluding hydrogens is 453 g/mol. The number of halogens is 4. The van der Waals surface area contributed by atoms with Crippen molar-refractivity contribution in [2.75, 3.05) is 20.3 Å². The molecule has 0 N–H and O–H groups in total. The van der Waals surface area contributed by atoms with Crippen LogP contribution in [0.3, 0.4) is 0 Å². The van der Waals surface area contributed by atoms with E-state index in [1.165, 1.54) is 19.2 Å². The molecule has 1 unspecified atom stereocenters. The Morgan fingerprint density at radius 2 is 1.72 bits per heavy atom. The number of hydrogen-bond acceptors (Lipinski definition) is 6. The third-order valence-electron chi connectivity index (χ3n) is 5.80. The van der Waals surface area contributed by atoms with Gasteiger partial charge in [-0.1, -0.05) is 32.4 Å². The standard InChI is InChI=1S/C22H24ClF3O6/c1-21(2,3)12-7-14-10(6-13(12)23)5-11(19(31-14)22(24,25)26)20(27)32-16-9-30-17-15(28-4)8-29-18(16)17/h5-7,15-19H,8-9H2,1-4H3/t15-,16+,17-,18-,19?/m1/s1. The van der Waals surface area contributed by atoms with Gasteiger partial charge in [-0.3, -0.25) is 0 Å². The fraction of sp³-hybridized carbons (Fsp3) is 0.591. The van der Waals surface area contributed by atoms with Gasteiger partial charge in [-0.2, -0.15) is 13.2 Å². The molecule has 3 heterocycles. The summed E-state index contributed by atoms with van der Waals surface area (Å²) < 4.78 is 68.5. The van der Waals surface area contributed by atoms with Gasteiger partial charge >= 0.3 is 12.1 Å². The molecule has 0 aliphatic carbocycles. The highest BCUT2D eigenvalue weighted by Crippen LogP contribution is 2.42. The zero-order valence-electron chi connectivity index (χ0n) is 18.0. The number of ether oxygens (including phenoxy) is 5. The van der Waals surface area contributed by atoms with E-state index in [4.69, 9.17) is 35.3 Å². The summed E-state index contributed by atoms with van der Waals surface area (Å²) in [6.07, 6.45) is -8.39. The molecule has 5 atom stereocenters. The van der Waals surface area contributed by atoms with Crippen LogP contribution < -0.4 is 4.74 Å². The lowest BCUT2D eigenvalue weighted by Gasteiger charge is -2.30. The van der Waals surface area contributed by atoms with Gasteiger partial charge in [0.2, 0.25) is 6.10 Å². The van der Waals surface area contributed by atoms with Crippen molar-refractivity contribution in [1.29, 1.82) is 0 Å². The number of rotatable bonds is 3. The maximum Gasteiger partial charge on any atom is 0.430 e. The van der Waals surface area contributed by atoms with Crippen molar-refractivity contribution in [3.05, 3.63) is 33.9 Å². The molecular formula is C22H24ClF3O6. The van der Waals surface area contributed by atoms with E-state index in [2.05, 4.69) is 0 Å². The number of carbonyl (C=O) groups is 1. The Morgan fingerprint density at radius 1 is 1.09 bits per heavy atom. The molecule has 10 heteroatoms. The van der Waals surface area contributed by atoms with Gasteiger partial charge in [-0.15, -0.1) is 0 Å². The largest absolute Gasteiger partial charge is 0.475 e. The minimum absolute atomic E-state index is 0.00309. The third kappa shape index (κ3) is 4.23. The normalized spacial score (nSPS) is 29.8. The monoisotopic (exact) mass is 476 g/mol. The van der Waals surface area contributed by atoms with Crippen LogP contribution in [0.4, 0.5) is 13.2 Å². The first-order chi connectivity index (χ1) is 14.9. The minimum atomic E-state index is -4.83. The Kier molecular flexibility index (Phi) is 5.98. The molecule has 0 aromatic heterocycles. The number of methoxy groups -OCH3 is 1. The molecule has 6 nitrogen and oxygen atoms in total. The van der Waals surface area contributed by atoms with Crippen molar-refractivity contribution in [3.8, 4) is 5.75 Å². The van der Waals surface area contributed by atoms with Crippen molar-refractivity contribution in [1.82, 2.24) is 0 Å². The van der Waals surface area contributed by atoms with Crippen molar-refractivity contribution in [2.24, 2.45) is 0 Å². The molecule has 2 fully saturated rings. The summed E-state index contributed by atoms with van der Waals surface area (Å²) in [5, 5.41) is 0.367. The van der Waals surface area contributed by atoms with Gasteiger partial charge in [0.25, 0.3) is 0 Å². The fourth-order valence-corrected chi connectivity index (χ4v) is 4.59. The van der Waals surface area contributed by atoms with Crippen LogP contribution in [-0.2, 0) is 29.2 Å². The van der Waals surface area contributed by atoms with Crippen LogP contribution in [-0.4, -0.2) is 63.0 Å². The zero-order chi connectivity index (χ0) is 23.4. The van der Waals surface area contributed by atoms with E-state index in [-0.39, 0.29) is 30.6 Å². The lowest BCUT2D eigenvalue weighted by molar-refractivity contribution is -0.189. The summed E-state index contributed by atoms with van der Waals surface area (Å²) in [7, 11) is 1.50. The average Bonchev–Trinajstić information content (AvgIpc) is 3.27. The fourth-order valence-electron chi connectivity index (χ4n) is 4.14. The second-order valence-corrected chi connectivity index (χ2v) is 9.48. The van der Waals surface area contributed by atoms with Crippen LogP contribution in [0.2, 0.25) is 5.02 Å². The first-order valence-electron chi connectivity index (χ1n) is 10.2. The SMILES string of the molecule is CO[C@@H]1CO[C@H]2[C@@H]1OC[C@@H]2OC(=O)C1=Cc2cc(Cl)c(C(C)(C)C)cc2OC1C(F)(F)F. The number of benzene rings is 1. The summed E-state index contributed by atoms with van der Waals surface area (Å²) in [5.74, 6) is -1.14. The van der Waals surface area contributed by atoms with Crippen LogP contribution >= 0.6 is 11.6 Å². The Morgan fingerprint density at radius 3 is 2.31 bits per heavy atom. The summed E-state index contributed by atoms with van der Waals surface area (Å²) in [6, 6.07) is 2.98. The number of carbonyl (C=O) groups excluding carboxylic acids is 1. The van der Waals surface area contributed by atoms with Crippen LogP contribution in [0.1, 0.15) is 31.9 Å². The lowest BCUT2D eigenvalue weighted by Crippen LogP contribution is -2.42. The summed E-state index contributed by atoms with van der Waals surface area (Å²) in [4.78, 5) is 12.8. The number of hydrogen-bond donors (Lipinski definition) is 0. The lowest BCUT2D eigenvalue weighted by atomic mass is 9.85. The van der Waals surface area contributed by atoms with Crippen LogP contribution in [0.5, 0.6) is 5.75 Å². The molecule has 0 radical (unpaired) electrons. The van der Waals surface area contributed by atoms with Crippen molar-refractivity contribution in [3.63, 3.8) is 0 Å². The average molecular weight is 477 g/mol. The molecule has 1 aromatic carbocycles. The number of alkyl halides is 3. The third-order valence-corrected chi connectivity index (χ3v) is 6.12. The second kappa shape index (κ2) is 8.20. The van der Waals surface area contributed by atoms with E-state index < -0.39 is 47.5 Å². The summed E-state index contributed by atoms with van der Waals surface area (Å²) >= 11 is 6.36. The molecule has 32 heavy (non-hydrogen) atoms. The van der Waals surface area contributed by atoms with Crippen molar-refractivity contribution in [2.45, 2.75) is 62.9 Å². The predicted molar refractivity (Wildman–Crippen MR) is 109 cm³/mol. The van der Waals surface area contributed by atoms with E-state index in [9.17, 15) is 18.0 Å². The Balaban J connectivity index is 1.63. The molecule has 0 bridgehead atoms. The highest BCUT2D eigenvalue weighted by atomic mass is 35.5. The first-order valence-corrected chi connectivity index (χ1v) is 10.5. The molecule has 4 rings (SSSR count). The topological polar surface area (TPSA) is 63.2 Å². The van der Waals surface area contributed by atoms with E-state index in [1.807, 2.05) is 20.8 Å². The highest BCUT2D eigenvalue weighted by Gasteiger charge is 2.52. The first kappa shape index (κ1) is 23.4. The maximum absolute atomic E-state index is 13.8. The molecule has 2 saturated heterocycles. The van der Waals surface area contributed by atoms with E-state index in [1.54, 1.807) is 0 Å². The minimum Gasteiger partial charge on any atom is -0.475 e.